The van der Waals surface area contributed by atoms with E-state index in [1.165, 1.54) is 11.3 Å². The van der Waals surface area contributed by atoms with Crippen LogP contribution in [0.1, 0.15) is 37.0 Å². The number of piperidine rings is 1. The molecule has 20 heavy (non-hydrogen) atoms. The molecular weight excluding hydrogens is 270 g/mol. The summed E-state index contributed by atoms with van der Waals surface area (Å²) in [7, 11) is 2.00. The number of rotatable bonds is 4. The Balaban J connectivity index is 1.46. The molecule has 1 amide bonds. The van der Waals surface area contributed by atoms with Crippen LogP contribution < -0.4 is 0 Å². The summed E-state index contributed by atoms with van der Waals surface area (Å²) in [6.45, 7) is 3.19. The van der Waals surface area contributed by atoms with Gasteiger partial charge in [-0.3, -0.25) is 14.7 Å². The van der Waals surface area contributed by atoms with Gasteiger partial charge >= 0.3 is 0 Å². The van der Waals surface area contributed by atoms with Gasteiger partial charge in [-0.2, -0.15) is 0 Å². The van der Waals surface area contributed by atoms with Crippen LogP contribution in [0.25, 0.3) is 0 Å². The number of hydrogen-bond acceptors (Lipinski definition) is 4. The van der Waals surface area contributed by atoms with Crippen LogP contribution in [0.2, 0.25) is 0 Å². The van der Waals surface area contributed by atoms with E-state index in [1.807, 2.05) is 23.7 Å². The predicted octanol–water partition coefficient (Wildman–Crippen LogP) is 2.37. The van der Waals surface area contributed by atoms with E-state index in [9.17, 15) is 4.79 Å². The molecule has 0 spiro atoms. The van der Waals surface area contributed by atoms with Crippen molar-refractivity contribution in [2.24, 2.45) is 5.92 Å². The monoisotopic (exact) mass is 293 g/mol. The maximum Gasteiger partial charge on any atom is 0.225 e. The fraction of sp³-hybridized carbons (Fsp3) is 0.733. The second-order valence-corrected chi connectivity index (χ2v) is 7.02. The molecule has 0 bridgehead atoms. The van der Waals surface area contributed by atoms with Gasteiger partial charge in [-0.15, -0.1) is 11.3 Å². The van der Waals surface area contributed by atoms with E-state index in [-0.39, 0.29) is 0 Å². The van der Waals surface area contributed by atoms with E-state index in [2.05, 4.69) is 9.88 Å². The molecule has 0 unspecified atom stereocenters. The second-order valence-electron chi connectivity index (χ2n) is 6.05. The number of likely N-dealkylation sites (tertiary alicyclic amines) is 1. The van der Waals surface area contributed by atoms with Crippen LogP contribution in [0.3, 0.4) is 0 Å². The average molecular weight is 293 g/mol. The second kappa shape index (κ2) is 6.22. The molecule has 1 aromatic heterocycles. The first kappa shape index (κ1) is 14.0. The van der Waals surface area contributed by atoms with Gasteiger partial charge in [0.05, 0.1) is 5.51 Å². The number of carbonyl (C=O) groups is 1. The highest BCUT2D eigenvalue weighted by Crippen LogP contribution is 2.29. The molecule has 2 fully saturated rings. The Morgan fingerprint density at radius 1 is 1.40 bits per heavy atom. The number of amides is 1. The molecule has 0 atom stereocenters. The van der Waals surface area contributed by atoms with Crippen LogP contribution in [0.5, 0.6) is 0 Å². The standard InChI is InChI=1S/C15H23N3OS/c1-17(15(19)12-3-2-4-12)13-5-7-18(8-6-13)10-14-9-16-11-20-14/h9,11-13H,2-8,10H2,1H3. The van der Waals surface area contributed by atoms with Gasteiger partial charge in [0.25, 0.3) is 0 Å². The van der Waals surface area contributed by atoms with Crippen LogP contribution in [0.4, 0.5) is 0 Å². The predicted molar refractivity (Wildman–Crippen MR) is 80.5 cm³/mol. The molecule has 1 aliphatic carbocycles. The fourth-order valence-corrected chi connectivity index (χ4v) is 3.76. The smallest absolute Gasteiger partial charge is 0.225 e. The topological polar surface area (TPSA) is 36.4 Å². The lowest BCUT2D eigenvalue weighted by Gasteiger charge is -2.39. The third-order valence-electron chi connectivity index (χ3n) is 4.77. The quantitative estimate of drug-likeness (QED) is 0.855. The van der Waals surface area contributed by atoms with Crippen molar-refractivity contribution in [1.82, 2.24) is 14.8 Å². The van der Waals surface area contributed by atoms with E-state index >= 15 is 0 Å². The number of carbonyl (C=O) groups excluding carboxylic acids is 1. The number of thiazole rings is 1. The van der Waals surface area contributed by atoms with Gasteiger partial charge < -0.3 is 4.90 Å². The number of aromatic nitrogens is 1. The van der Waals surface area contributed by atoms with Gasteiger partial charge in [0.15, 0.2) is 0 Å². The van der Waals surface area contributed by atoms with Gasteiger partial charge in [0.2, 0.25) is 5.91 Å². The zero-order chi connectivity index (χ0) is 13.9. The molecule has 2 aliphatic rings. The lowest BCUT2D eigenvalue weighted by molar-refractivity contribution is -0.139. The Labute approximate surface area is 124 Å². The summed E-state index contributed by atoms with van der Waals surface area (Å²) >= 11 is 1.73. The summed E-state index contributed by atoms with van der Waals surface area (Å²) in [5.74, 6) is 0.715. The van der Waals surface area contributed by atoms with Crippen molar-refractivity contribution in [3.63, 3.8) is 0 Å². The maximum atomic E-state index is 12.3. The Kier molecular flexibility index (Phi) is 4.36. The highest BCUT2D eigenvalue weighted by molar-refractivity contribution is 7.09. The molecule has 1 aliphatic heterocycles. The first-order valence-electron chi connectivity index (χ1n) is 7.60. The lowest BCUT2D eigenvalue weighted by Crippen LogP contribution is -2.47. The number of nitrogens with zero attached hydrogens (tertiary/aromatic N) is 3. The van der Waals surface area contributed by atoms with Crippen molar-refractivity contribution in [2.75, 3.05) is 20.1 Å². The highest BCUT2D eigenvalue weighted by Gasteiger charge is 2.32. The van der Waals surface area contributed by atoms with Crippen LogP contribution in [0, 0.1) is 5.92 Å². The lowest BCUT2D eigenvalue weighted by atomic mass is 9.84. The van der Waals surface area contributed by atoms with Crippen LogP contribution in [-0.4, -0.2) is 46.9 Å². The zero-order valence-corrected chi connectivity index (χ0v) is 12.9. The molecule has 0 radical (unpaired) electrons. The Bertz CT molecular complexity index is 436. The Morgan fingerprint density at radius 3 is 2.70 bits per heavy atom. The minimum atomic E-state index is 0.329. The minimum Gasteiger partial charge on any atom is -0.342 e. The van der Waals surface area contributed by atoms with Crippen molar-refractivity contribution >= 4 is 17.2 Å². The normalized spacial score (nSPS) is 21.6. The third-order valence-corrected chi connectivity index (χ3v) is 5.53. The number of hydrogen-bond donors (Lipinski definition) is 0. The summed E-state index contributed by atoms with van der Waals surface area (Å²) in [6, 6.07) is 0.445. The van der Waals surface area contributed by atoms with Gasteiger partial charge in [-0.25, -0.2) is 0 Å². The van der Waals surface area contributed by atoms with Gasteiger partial charge in [0.1, 0.15) is 0 Å². The summed E-state index contributed by atoms with van der Waals surface area (Å²) in [4.78, 5) is 22.2. The van der Waals surface area contributed by atoms with E-state index in [0.29, 0.717) is 17.9 Å². The van der Waals surface area contributed by atoms with Crippen molar-refractivity contribution in [3.05, 3.63) is 16.6 Å². The van der Waals surface area contributed by atoms with Gasteiger partial charge in [-0.1, -0.05) is 6.42 Å². The molecule has 0 N–H and O–H groups in total. The first-order valence-corrected chi connectivity index (χ1v) is 8.48. The molecule has 3 rings (SSSR count). The van der Waals surface area contributed by atoms with Crippen LogP contribution in [-0.2, 0) is 11.3 Å². The molecule has 1 saturated carbocycles. The molecular formula is C15H23N3OS. The molecule has 5 heteroatoms. The molecule has 1 saturated heterocycles. The molecule has 1 aromatic rings. The largest absolute Gasteiger partial charge is 0.342 e. The molecule has 0 aromatic carbocycles. The summed E-state index contributed by atoms with van der Waals surface area (Å²) in [5, 5.41) is 0. The zero-order valence-electron chi connectivity index (χ0n) is 12.1. The SMILES string of the molecule is CN(C(=O)C1CCC1)C1CCN(Cc2cncs2)CC1. The van der Waals surface area contributed by atoms with Crippen LogP contribution in [0.15, 0.2) is 11.7 Å². The molecule has 110 valence electrons. The third kappa shape index (κ3) is 3.04. The first-order chi connectivity index (χ1) is 9.74. The maximum absolute atomic E-state index is 12.3. The fourth-order valence-electron chi connectivity index (χ4n) is 3.13. The van der Waals surface area contributed by atoms with Gasteiger partial charge in [0, 0.05) is 49.7 Å². The van der Waals surface area contributed by atoms with Crippen LogP contribution >= 0.6 is 11.3 Å². The van der Waals surface area contributed by atoms with E-state index < -0.39 is 0 Å². The molecule has 4 nitrogen and oxygen atoms in total. The van der Waals surface area contributed by atoms with Crippen molar-refractivity contribution in [3.8, 4) is 0 Å². The van der Waals surface area contributed by atoms with Crippen molar-refractivity contribution in [2.45, 2.75) is 44.7 Å². The minimum absolute atomic E-state index is 0.329. The van der Waals surface area contributed by atoms with Crippen molar-refractivity contribution in [1.29, 1.82) is 0 Å². The van der Waals surface area contributed by atoms with Crippen molar-refractivity contribution < 1.29 is 4.79 Å². The highest BCUT2D eigenvalue weighted by atomic mass is 32.1. The summed E-state index contributed by atoms with van der Waals surface area (Å²) in [5.41, 5.74) is 1.90. The Morgan fingerprint density at radius 2 is 2.15 bits per heavy atom. The Hall–Kier alpha value is -0.940. The van der Waals surface area contributed by atoms with Gasteiger partial charge in [-0.05, 0) is 25.7 Å². The van der Waals surface area contributed by atoms with E-state index in [0.717, 1.165) is 45.3 Å². The summed E-state index contributed by atoms with van der Waals surface area (Å²) < 4.78 is 0. The van der Waals surface area contributed by atoms with E-state index in [4.69, 9.17) is 0 Å². The van der Waals surface area contributed by atoms with E-state index in [1.54, 1.807) is 11.3 Å². The summed E-state index contributed by atoms with van der Waals surface area (Å²) in [6.07, 6.45) is 7.61. The average Bonchev–Trinajstić information content (AvgIpc) is 2.89. The molecule has 2 heterocycles.